The monoisotopic (exact) mass is 722 g/mol. The topological polar surface area (TPSA) is 91.2 Å². The SMILES string of the molecule is CC1(c2ccc(-n3c4ccccc4c4ccc(-c5nc(-c6cccc(C#N)c6)nc(-c6cccc(-c7ccc(C#N)cc7)c6)n5)cc43)cc2)C[C@@H]2CC[C@@H](C2)C1. The molecular weight excluding hydrogens is 685 g/mol. The van der Waals surface area contributed by atoms with E-state index >= 15 is 0 Å². The van der Waals surface area contributed by atoms with Crippen molar-refractivity contribution >= 4 is 21.8 Å². The van der Waals surface area contributed by atoms with Crippen LogP contribution in [0.15, 0.2) is 140 Å². The molecule has 2 heterocycles. The Kier molecular flexibility index (Phi) is 8.08. The van der Waals surface area contributed by atoms with Gasteiger partial charge >= 0.3 is 0 Å². The predicted molar refractivity (Wildman–Crippen MR) is 223 cm³/mol. The zero-order chi connectivity index (χ0) is 37.8. The highest BCUT2D eigenvalue weighted by Gasteiger charge is 2.41. The quantitative estimate of drug-likeness (QED) is 0.170. The van der Waals surface area contributed by atoms with Gasteiger partial charge in [0, 0.05) is 33.2 Å². The van der Waals surface area contributed by atoms with Crippen molar-refractivity contribution in [2.75, 3.05) is 0 Å². The standard InChI is InChI=1S/C50H38N6/c1-50(28-33-12-13-34(24-33)29-50)41-19-21-42(22-20-41)56-45-11-3-2-10-43(45)44-23-18-40(27-46(44)56)49-54-47(38-8-4-6-35(25-38)31-52)53-48(55-49)39-9-5-7-37(26-39)36-16-14-32(30-51)15-17-36/h2-11,14-23,25-27,33-34H,12-13,24,28-29H2,1H3/t33-,34+,50?. The average Bonchev–Trinajstić information content (AvgIpc) is 3.79. The van der Waals surface area contributed by atoms with Crippen molar-refractivity contribution in [3.8, 4) is 63.1 Å². The highest BCUT2D eigenvalue weighted by Crippen LogP contribution is 2.51. The maximum Gasteiger partial charge on any atom is 0.164 e. The lowest BCUT2D eigenvalue weighted by molar-refractivity contribution is 0.232. The molecule has 2 aliphatic rings. The molecule has 2 aromatic heterocycles. The first-order valence-electron chi connectivity index (χ1n) is 19.5. The Morgan fingerprint density at radius 2 is 1.12 bits per heavy atom. The molecular formula is C50H38N6. The van der Waals surface area contributed by atoms with Crippen LogP contribution in [0, 0.1) is 34.5 Å². The van der Waals surface area contributed by atoms with E-state index in [4.69, 9.17) is 15.0 Å². The van der Waals surface area contributed by atoms with Crippen LogP contribution >= 0.6 is 0 Å². The van der Waals surface area contributed by atoms with Gasteiger partial charge < -0.3 is 4.57 Å². The van der Waals surface area contributed by atoms with Crippen LogP contribution in [0.1, 0.15) is 55.7 Å². The third kappa shape index (κ3) is 5.92. The number of nitriles is 2. The molecule has 56 heavy (non-hydrogen) atoms. The molecule has 6 aromatic carbocycles. The Hall–Kier alpha value is -6.89. The van der Waals surface area contributed by atoms with Crippen LogP contribution < -0.4 is 0 Å². The summed E-state index contributed by atoms with van der Waals surface area (Å²) in [5.74, 6) is 3.31. The summed E-state index contributed by atoms with van der Waals surface area (Å²) in [6.07, 6.45) is 6.78. The zero-order valence-corrected chi connectivity index (χ0v) is 31.2. The van der Waals surface area contributed by atoms with E-state index in [-0.39, 0.29) is 5.41 Å². The van der Waals surface area contributed by atoms with Crippen molar-refractivity contribution in [3.05, 3.63) is 156 Å². The largest absolute Gasteiger partial charge is 0.309 e. The molecule has 0 amide bonds. The van der Waals surface area contributed by atoms with E-state index in [0.717, 1.165) is 61.8 Å². The normalized spacial score (nSPS) is 18.8. The Balaban J connectivity index is 1.11. The van der Waals surface area contributed by atoms with E-state index in [9.17, 15) is 10.5 Å². The second kappa shape index (κ2) is 13.4. The van der Waals surface area contributed by atoms with Gasteiger partial charge in [-0.2, -0.15) is 10.5 Å². The minimum Gasteiger partial charge on any atom is -0.309 e. The molecule has 268 valence electrons. The van der Waals surface area contributed by atoms with Crippen LogP contribution in [0.5, 0.6) is 0 Å². The van der Waals surface area contributed by atoms with Crippen LogP contribution in [-0.2, 0) is 5.41 Å². The van der Waals surface area contributed by atoms with Crippen LogP contribution in [0.3, 0.4) is 0 Å². The lowest BCUT2D eigenvalue weighted by Crippen LogP contribution is -2.30. The number of hydrogen-bond acceptors (Lipinski definition) is 5. The van der Waals surface area contributed by atoms with Crippen molar-refractivity contribution in [1.29, 1.82) is 10.5 Å². The minimum absolute atomic E-state index is 0.235. The highest BCUT2D eigenvalue weighted by molar-refractivity contribution is 6.10. The number of fused-ring (bicyclic) bond motifs is 5. The van der Waals surface area contributed by atoms with Gasteiger partial charge in [0.2, 0.25) is 0 Å². The molecule has 0 radical (unpaired) electrons. The molecule has 6 heteroatoms. The summed E-state index contributed by atoms with van der Waals surface area (Å²) >= 11 is 0. The summed E-state index contributed by atoms with van der Waals surface area (Å²) in [6.45, 7) is 2.48. The number of para-hydroxylation sites is 1. The molecule has 2 fully saturated rings. The fourth-order valence-corrected chi connectivity index (χ4v) is 9.61. The number of benzene rings is 6. The second-order valence-electron chi connectivity index (χ2n) is 15.9. The van der Waals surface area contributed by atoms with Gasteiger partial charge in [-0.05, 0) is 108 Å². The average molecular weight is 723 g/mol. The number of hydrogen-bond donors (Lipinski definition) is 0. The van der Waals surface area contributed by atoms with Crippen LogP contribution in [-0.4, -0.2) is 19.5 Å². The summed E-state index contributed by atoms with van der Waals surface area (Å²) < 4.78 is 2.37. The lowest BCUT2D eigenvalue weighted by Gasteiger charge is -2.38. The number of rotatable bonds is 6. The van der Waals surface area contributed by atoms with Gasteiger partial charge in [-0.1, -0.05) is 105 Å². The van der Waals surface area contributed by atoms with Gasteiger partial charge in [-0.25, -0.2) is 15.0 Å². The van der Waals surface area contributed by atoms with Crippen molar-refractivity contribution in [2.45, 2.75) is 44.4 Å². The highest BCUT2D eigenvalue weighted by atomic mass is 15.0. The summed E-state index contributed by atoms with van der Waals surface area (Å²) in [7, 11) is 0. The maximum atomic E-state index is 9.72. The Morgan fingerprint density at radius 1 is 0.536 bits per heavy atom. The molecule has 0 aliphatic heterocycles. The van der Waals surface area contributed by atoms with Crippen LogP contribution in [0.25, 0.3) is 72.8 Å². The van der Waals surface area contributed by atoms with Crippen LogP contribution in [0.4, 0.5) is 0 Å². The van der Waals surface area contributed by atoms with Gasteiger partial charge in [0.15, 0.2) is 17.5 Å². The van der Waals surface area contributed by atoms with Gasteiger partial charge in [-0.15, -0.1) is 0 Å². The summed E-state index contributed by atoms with van der Waals surface area (Å²) in [4.78, 5) is 15.2. The summed E-state index contributed by atoms with van der Waals surface area (Å²) in [6, 6.07) is 52.0. The third-order valence-corrected chi connectivity index (χ3v) is 12.2. The summed E-state index contributed by atoms with van der Waals surface area (Å²) in [5.41, 5.74) is 10.6. The molecule has 10 rings (SSSR count). The van der Waals surface area contributed by atoms with Gasteiger partial charge in [0.25, 0.3) is 0 Å². The van der Waals surface area contributed by atoms with Crippen molar-refractivity contribution in [2.24, 2.45) is 11.8 Å². The molecule has 0 N–H and O–H groups in total. The molecule has 1 unspecified atom stereocenters. The first kappa shape index (κ1) is 33.7. The first-order valence-corrected chi connectivity index (χ1v) is 19.5. The third-order valence-electron chi connectivity index (χ3n) is 12.2. The predicted octanol–water partition coefficient (Wildman–Crippen LogP) is 11.8. The number of nitrogens with zero attached hydrogens (tertiary/aromatic N) is 6. The maximum absolute atomic E-state index is 9.72. The molecule has 8 aromatic rings. The first-order chi connectivity index (χ1) is 27.4. The molecule has 6 nitrogen and oxygen atoms in total. The molecule has 0 saturated heterocycles. The van der Waals surface area contributed by atoms with Gasteiger partial charge in [-0.3, -0.25) is 0 Å². The summed E-state index contributed by atoms with van der Waals surface area (Å²) in [5, 5.41) is 21.4. The van der Waals surface area contributed by atoms with Gasteiger partial charge in [0.05, 0.1) is 34.3 Å². The Morgan fingerprint density at radius 3 is 1.82 bits per heavy atom. The molecule has 2 aliphatic carbocycles. The van der Waals surface area contributed by atoms with E-state index in [1.807, 2.05) is 60.7 Å². The molecule has 2 saturated carbocycles. The van der Waals surface area contributed by atoms with Crippen LogP contribution in [0.2, 0.25) is 0 Å². The Bertz CT molecular complexity index is 2880. The van der Waals surface area contributed by atoms with E-state index < -0.39 is 0 Å². The lowest BCUT2D eigenvalue weighted by atomic mass is 9.66. The van der Waals surface area contributed by atoms with Crippen molar-refractivity contribution in [3.63, 3.8) is 0 Å². The number of aromatic nitrogens is 4. The zero-order valence-electron chi connectivity index (χ0n) is 31.2. The molecule has 2 bridgehead atoms. The fraction of sp³-hybridized carbons (Fsp3) is 0.180. The smallest absolute Gasteiger partial charge is 0.164 e. The van der Waals surface area contributed by atoms with E-state index in [1.54, 1.807) is 6.07 Å². The second-order valence-corrected chi connectivity index (χ2v) is 15.9. The van der Waals surface area contributed by atoms with E-state index in [0.29, 0.717) is 28.6 Å². The van der Waals surface area contributed by atoms with E-state index in [2.05, 4.69) is 96.4 Å². The molecule has 3 atom stereocenters. The van der Waals surface area contributed by atoms with Gasteiger partial charge in [0.1, 0.15) is 0 Å². The van der Waals surface area contributed by atoms with E-state index in [1.165, 1.54) is 43.1 Å². The Labute approximate surface area is 326 Å². The van der Waals surface area contributed by atoms with Crippen molar-refractivity contribution < 1.29 is 0 Å². The molecule has 0 spiro atoms. The fourth-order valence-electron chi connectivity index (χ4n) is 9.61. The van der Waals surface area contributed by atoms with Crippen molar-refractivity contribution in [1.82, 2.24) is 19.5 Å². The minimum atomic E-state index is 0.235.